The molecule has 2 fully saturated rings. The Balaban J connectivity index is 1.68. The second kappa shape index (κ2) is 7.72. The van der Waals surface area contributed by atoms with Crippen LogP contribution in [0.1, 0.15) is 62.3 Å². The minimum absolute atomic E-state index is 0.0284. The van der Waals surface area contributed by atoms with Crippen LogP contribution in [0, 0.1) is 0 Å². The van der Waals surface area contributed by atoms with Gasteiger partial charge in [-0.3, -0.25) is 0 Å². The van der Waals surface area contributed by atoms with Crippen molar-refractivity contribution in [1.29, 1.82) is 0 Å². The van der Waals surface area contributed by atoms with Gasteiger partial charge in [-0.25, -0.2) is 9.78 Å². The first-order valence-electron chi connectivity index (χ1n) is 10.8. The van der Waals surface area contributed by atoms with E-state index < -0.39 is 12.7 Å². The topological polar surface area (TPSA) is 64.1 Å². The summed E-state index contributed by atoms with van der Waals surface area (Å²) in [7, 11) is -0.420. The first-order valence-corrected chi connectivity index (χ1v) is 10.8. The molecule has 2 aliphatic heterocycles. The van der Waals surface area contributed by atoms with Crippen LogP contribution in [-0.4, -0.2) is 65.1 Å². The molecular formula is C22H36BN3O4. The molecule has 0 radical (unpaired) electrons. The molecule has 0 aromatic carbocycles. The van der Waals surface area contributed by atoms with Crippen molar-refractivity contribution in [3.05, 3.63) is 18.3 Å². The Kier molecular flexibility index (Phi) is 5.88. The highest BCUT2D eigenvalue weighted by molar-refractivity contribution is 6.62. The second-order valence-corrected chi connectivity index (χ2v) is 10.5. The zero-order valence-electron chi connectivity index (χ0n) is 19.9. The van der Waals surface area contributed by atoms with Gasteiger partial charge in [-0.05, 0) is 68.4 Å². The average molecular weight is 417 g/mol. The van der Waals surface area contributed by atoms with E-state index in [0.29, 0.717) is 13.1 Å². The summed E-state index contributed by atoms with van der Waals surface area (Å²) in [5, 5.41) is 0. The fourth-order valence-electron chi connectivity index (χ4n) is 3.71. The summed E-state index contributed by atoms with van der Waals surface area (Å²) < 4.78 is 17.8. The van der Waals surface area contributed by atoms with E-state index in [9.17, 15) is 4.79 Å². The fourth-order valence-corrected chi connectivity index (χ4v) is 3.71. The first kappa shape index (κ1) is 22.9. The molecule has 8 heteroatoms. The highest BCUT2D eigenvalue weighted by Crippen LogP contribution is 2.36. The Morgan fingerprint density at radius 2 is 1.70 bits per heavy atom. The molecule has 30 heavy (non-hydrogen) atoms. The van der Waals surface area contributed by atoms with Gasteiger partial charge in [0.1, 0.15) is 11.4 Å². The third-order valence-corrected chi connectivity index (χ3v) is 6.20. The van der Waals surface area contributed by atoms with Crippen molar-refractivity contribution in [2.75, 3.05) is 18.0 Å². The van der Waals surface area contributed by atoms with E-state index in [0.717, 1.165) is 11.3 Å². The number of piperazine rings is 1. The summed E-state index contributed by atoms with van der Waals surface area (Å²) in [6.45, 7) is 19.3. The predicted molar refractivity (Wildman–Crippen MR) is 119 cm³/mol. The number of rotatable bonds is 2. The van der Waals surface area contributed by atoms with Gasteiger partial charge in [-0.2, -0.15) is 0 Å². The summed E-state index contributed by atoms with van der Waals surface area (Å²) in [6, 6.07) is 4.18. The number of hydrogen-bond acceptors (Lipinski definition) is 6. The Hall–Kier alpha value is -1.80. The Bertz CT molecular complexity index is 760. The van der Waals surface area contributed by atoms with Gasteiger partial charge >= 0.3 is 13.2 Å². The molecular weight excluding hydrogens is 381 g/mol. The molecule has 2 unspecified atom stereocenters. The number of carbonyl (C=O) groups is 1. The van der Waals surface area contributed by atoms with Gasteiger partial charge in [0.2, 0.25) is 0 Å². The molecule has 0 bridgehead atoms. The van der Waals surface area contributed by atoms with Gasteiger partial charge in [0.05, 0.1) is 11.2 Å². The lowest BCUT2D eigenvalue weighted by Crippen LogP contribution is -2.59. The average Bonchev–Trinajstić information content (AvgIpc) is 2.83. The number of carbonyl (C=O) groups excluding carboxylic acids is 1. The number of aromatic nitrogens is 1. The molecule has 2 aliphatic rings. The molecule has 0 saturated carbocycles. The van der Waals surface area contributed by atoms with Crippen LogP contribution in [0.15, 0.2) is 18.3 Å². The maximum Gasteiger partial charge on any atom is 0.496 e. The van der Waals surface area contributed by atoms with E-state index in [1.165, 1.54) is 0 Å². The second-order valence-electron chi connectivity index (χ2n) is 10.5. The van der Waals surface area contributed by atoms with Gasteiger partial charge < -0.3 is 23.8 Å². The van der Waals surface area contributed by atoms with Crippen molar-refractivity contribution in [1.82, 2.24) is 9.88 Å². The Morgan fingerprint density at radius 3 is 2.20 bits per heavy atom. The normalized spacial score (nSPS) is 26.1. The molecule has 166 valence electrons. The molecule has 1 aromatic rings. The van der Waals surface area contributed by atoms with Crippen molar-refractivity contribution < 1.29 is 18.8 Å². The van der Waals surface area contributed by atoms with Crippen molar-refractivity contribution in [2.24, 2.45) is 0 Å². The number of pyridine rings is 1. The van der Waals surface area contributed by atoms with E-state index in [1.807, 2.05) is 78.6 Å². The predicted octanol–water partition coefficient (Wildman–Crippen LogP) is 3.21. The van der Waals surface area contributed by atoms with Crippen LogP contribution in [-0.2, 0) is 14.0 Å². The number of anilines is 1. The number of ether oxygens (including phenoxy) is 1. The first-order chi connectivity index (χ1) is 13.7. The monoisotopic (exact) mass is 417 g/mol. The van der Waals surface area contributed by atoms with E-state index in [2.05, 4.69) is 16.8 Å². The molecule has 0 N–H and O–H groups in total. The molecule has 0 aliphatic carbocycles. The van der Waals surface area contributed by atoms with E-state index >= 15 is 0 Å². The van der Waals surface area contributed by atoms with Crippen LogP contribution in [0.5, 0.6) is 0 Å². The van der Waals surface area contributed by atoms with Gasteiger partial charge in [-0.1, -0.05) is 6.07 Å². The van der Waals surface area contributed by atoms with Gasteiger partial charge in [0.15, 0.2) is 0 Å². The fraction of sp³-hybridized carbons (Fsp3) is 0.727. The summed E-state index contributed by atoms with van der Waals surface area (Å²) in [6.07, 6.45) is 1.57. The number of nitrogens with zero attached hydrogens (tertiary/aromatic N) is 3. The van der Waals surface area contributed by atoms with E-state index in [1.54, 1.807) is 0 Å². The number of amides is 1. The summed E-state index contributed by atoms with van der Waals surface area (Å²) >= 11 is 0. The van der Waals surface area contributed by atoms with Gasteiger partial charge in [0.25, 0.3) is 0 Å². The zero-order chi connectivity index (χ0) is 22.5. The Labute approximate surface area is 181 Å². The maximum absolute atomic E-state index is 12.6. The molecule has 3 heterocycles. The maximum atomic E-state index is 12.6. The highest BCUT2D eigenvalue weighted by Gasteiger charge is 2.51. The minimum atomic E-state index is -0.498. The van der Waals surface area contributed by atoms with Crippen molar-refractivity contribution in [2.45, 2.75) is 91.2 Å². The Morgan fingerprint density at radius 1 is 1.10 bits per heavy atom. The van der Waals surface area contributed by atoms with E-state index in [-0.39, 0.29) is 29.4 Å². The lowest BCUT2D eigenvalue weighted by atomic mass is 9.80. The molecule has 1 amide bonds. The standard InChI is InChI=1S/C22H36BN3O4/c1-15-14-26(19(27)28-20(3,4)5)16(2)13-25(15)18-11-10-17(12-24-18)23-29-21(6,7)22(8,9)30-23/h10-12,15-16H,13-14H2,1-9H3. The van der Waals surface area contributed by atoms with Crippen LogP contribution in [0.2, 0.25) is 0 Å². The summed E-state index contributed by atoms with van der Waals surface area (Å²) in [5.41, 5.74) is -0.343. The molecule has 1 aromatic heterocycles. The van der Waals surface area contributed by atoms with Crippen LogP contribution in [0.25, 0.3) is 0 Å². The highest BCUT2D eigenvalue weighted by atomic mass is 16.7. The molecule has 2 atom stereocenters. The molecule has 2 saturated heterocycles. The lowest BCUT2D eigenvalue weighted by Gasteiger charge is -2.44. The van der Waals surface area contributed by atoms with Crippen LogP contribution >= 0.6 is 0 Å². The zero-order valence-corrected chi connectivity index (χ0v) is 19.9. The van der Waals surface area contributed by atoms with Gasteiger partial charge in [-0.15, -0.1) is 0 Å². The third kappa shape index (κ3) is 4.59. The minimum Gasteiger partial charge on any atom is -0.444 e. The van der Waals surface area contributed by atoms with Crippen LogP contribution < -0.4 is 10.4 Å². The van der Waals surface area contributed by atoms with E-state index in [4.69, 9.17) is 14.0 Å². The van der Waals surface area contributed by atoms with Crippen LogP contribution in [0.3, 0.4) is 0 Å². The van der Waals surface area contributed by atoms with Crippen molar-refractivity contribution in [3.63, 3.8) is 0 Å². The molecule has 3 rings (SSSR count). The quantitative estimate of drug-likeness (QED) is 0.689. The van der Waals surface area contributed by atoms with Crippen LogP contribution in [0.4, 0.5) is 10.6 Å². The lowest BCUT2D eigenvalue weighted by molar-refractivity contribution is 0.00578. The third-order valence-electron chi connectivity index (χ3n) is 6.20. The molecule has 0 spiro atoms. The SMILES string of the molecule is CC1CN(c2ccc(B3OC(C)(C)C(C)(C)O3)cn2)C(C)CN1C(=O)OC(C)(C)C. The largest absolute Gasteiger partial charge is 0.496 e. The summed E-state index contributed by atoms with van der Waals surface area (Å²) in [5.74, 6) is 0.887. The van der Waals surface area contributed by atoms with Crippen molar-refractivity contribution >= 4 is 24.5 Å². The van der Waals surface area contributed by atoms with Crippen molar-refractivity contribution in [3.8, 4) is 0 Å². The number of hydrogen-bond donors (Lipinski definition) is 0. The summed E-state index contributed by atoms with van der Waals surface area (Å²) in [4.78, 5) is 21.3. The molecule has 7 nitrogen and oxygen atoms in total. The van der Waals surface area contributed by atoms with Gasteiger partial charge in [0, 0.05) is 36.8 Å². The smallest absolute Gasteiger partial charge is 0.444 e.